The Morgan fingerprint density at radius 1 is 1.12 bits per heavy atom. The molecule has 0 aliphatic carbocycles. The van der Waals surface area contributed by atoms with Gasteiger partial charge in [-0.15, -0.1) is 12.4 Å². The van der Waals surface area contributed by atoms with Crippen molar-refractivity contribution in [3.63, 3.8) is 0 Å². The fourth-order valence-corrected chi connectivity index (χ4v) is 2.45. The van der Waals surface area contributed by atoms with E-state index in [0.29, 0.717) is 11.3 Å². The van der Waals surface area contributed by atoms with Crippen LogP contribution in [0.15, 0.2) is 48.5 Å². The molecule has 0 heterocycles. The number of carbonyl (C=O) groups is 2. The Labute approximate surface area is 154 Å². The van der Waals surface area contributed by atoms with Gasteiger partial charge in [0.15, 0.2) is 0 Å². The van der Waals surface area contributed by atoms with Gasteiger partial charge in [0, 0.05) is 37.8 Å². The number of carbonyl (C=O) groups excluding carboxylic acids is 2. The largest absolute Gasteiger partial charge is 0.345 e. The van der Waals surface area contributed by atoms with Gasteiger partial charge in [0.05, 0.1) is 0 Å². The third-order valence-corrected chi connectivity index (χ3v) is 3.78. The summed E-state index contributed by atoms with van der Waals surface area (Å²) in [6.45, 7) is 1.85. The Morgan fingerprint density at radius 2 is 1.76 bits per heavy atom. The Morgan fingerprint density at radius 3 is 2.32 bits per heavy atom. The molecular weight excluding hydrogens is 338 g/mol. The minimum Gasteiger partial charge on any atom is -0.345 e. The quantitative estimate of drug-likeness (QED) is 0.859. The van der Waals surface area contributed by atoms with E-state index in [4.69, 9.17) is 5.73 Å². The fraction of sp³-hybridized carbons (Fsp3) is 0.263. The smallest absolute Gasteiger partial charge is 0.253 e. The lowest BCUT2D eigenvalue weighted by molar-refractivity contribution is -0.116. The van der Waals surface area contributed by atoms with E-state index in [2.05, 4.69) is 5.32 Å². The maximum absolute atomic E-state index is 12.2. The van der Waals surface area contributed by atoms with Gasteiger partial charge >= 0.3 is 0 Å². The first-order chi connectivity index (χ1) is 11.4. The van der Waals surface area contributed by atoms with E-state index < -0.39 is 0 Å². The SMILES string of the molecule is Cc1cc(NC(=O)CC(N)c2ccccc2)ccc1C(=O)N(C)C.Cl. The zero-order valence-corrected chi connectivity index (χ0v) is 15.5. The van der Waals surface area contributed by atoms with Crippen molar-refractivity contribution in [1.29, 1.82) is 0 Å². The summed E-state index contributed by atoms with van der Waals surface area (Å²) in [5.41, 5.74) is 9.09. The van der Waals surface area contributed by atoms with E-state index in [0.717, 1.165) is 11.1 Å². The summed E-state index contributed by atoms with van der Waals surface area (Å²) >= 11 is 0. The summed E-state index contributed by atoms with van der Waals surface area (Å²) in [6.07, 6.45) is 0.196. The van der Waals surface area contributed by atoms with Crippen LogP contribution in [0.3, 0.4) is 0 Å². The zero-order valence-electron chi connectivity index (χ0n) is 14.7. The molecule has 0 saturated carbocycles. The number of rotatable bonds is 5. The molecule has 0 aliphatic heterocycles. The average molecular weight is 362 g/mol. The van der Waals surface area contributed by atoms with Crippen molar-refractivity contribution in [2.75, 3.05) is 19.4 Å². The van der Waals surface area contributed by atoms with E-state index >= 15 is 0 Å². The van der Waals surface area contributed by atoms with Crippen LogP contribution in [0.25, 0.3) is 0 Å². The molecule has 2 amide bonds. The minimum atomic E-state index is -0.345. The predicted octanol–water partition coefficient (Wildman–Crippen LogP) is 3.15. The van der Waals surface area contributed by atoms with Crippen LogP contribution in [-0.4, -0.2) is 30.8 Å². The summed E-state index contributed by atoms with van der Waals surface area (Å²) in [5, 5.41) is 2.83. The van der Waals surface area contributed by atoms with Gasteiger partial charge in [-0.3, -0.25) is 9.59 Å². The number of aryl methyl sites for hydroxylation is 1. The molecule has 25 heavy (non-hydrogen) atoms. The number of hydrogen-bond acceptors (Lipinski definition) is 3. The first-order valence-electron chi connectivity index (χ1n) is 7.81. The molecule has 1 unspecified atom stereocenters. The molecule has 0 bridgehead atoms. The highest BCUT2D eigenvalue weighted by Gasteiger charge is 2.14. The second-order valence-corrected chi connectivity index (χ2v) is 6.00. The second-order valence-electron chi connectivity index (χ2n) is 6.00. The van der Waals surface area contributed by atoms with Gasteiger partial charge < -0.3 is 16.0 Å². The molecule has 134 valence electrons. The minimum absolute atomic E-state index is 0. The number of nitrogens with zero attached hydrogens (tertiary/aromatic N) is 1. The number of hydrogen-bond donors (Lipinski definition) is 2. The fourth-order valence-electron chi connectivity index (χ4n) is 2.45. The number of benzene rings is 2. The van der Waals surface area contributed by atoms with Crippen molar-refractivity contribution in [3.8, 4) is 0 Å². The first-order valence-corrected chi connectivity index (χ1v) is 7.81. The molecule has 0 fully saturated rings. The molecule has 2 rings (SSSR count). The van der Waals surface area contributed by atoms with Gasteiger partial charge in [-0.2, -0.15) is 0 Å². The number of halogens is 1. The van der Waals surface area contributed by atoms with Crippen LogP contribution in [0.4, 0.5) is 5.69 Å². The standard InChI is InChI=1S/C19H23N3O2.ClH/c1-13-11-15(9-10-16(13)19(24)22(2)3)21-18(23)12-17(20)14-7-5-4-6-8-14;/h4-11,17H,12,20H2,1-3H3,(H,21,23);1H. The monoisotopic (exact) mass is 361 g/mol. The third kappa shape index (κ3) is 5.59. The Balaban J connectivity index is 0.00000312. The topological polar surface area (TPSA) is 75.4 Å². The molecule has 0 aliphatic rings. The molecule has 2 aromatic rings. The molecule has 2 aromatic carbocycles. The van der Waals surface area contributed by atoms with Crippen molar-refractivity contribution in [3.05, 3.63) is 65.2 Å². The molecule has 0 aromatic heterocycles. The highest BCUT2D eigenvalue weighted by molar-refractivity contribution is 5.97. The van der Waals surface area contributed by atoms with Crippen LogP contribution < -0.4 is 11.1 Å². The van der Waals surface area contributed by atoms with Gasteiger partial charge in [-0.25, -0.2) is 0 Å². The summed E-state index contributed by atoms with van der Waals surface area (Å²) in [5.74, 6) is -0.214. The lowest BCUT2D eigenvalue weighted by Gasteiger charge is -2.15. The van der Waals surface area contributed by atoms with Crippen LogP contribution in [0, 0.1) is 6.92 Å². The normalized spacial score (nSPS) is 11.2. The van der Waals surface area contributed by atoms with Crippen molar-refractivity contribution in [1.82, 2.24) is 4.90 Å². The van der Waals surface area contributed by atoms with Crippen LogP contribution in [0.2, 0.25) is 0 Å². The number of nitrogens with two attached hydrogens (primary N) is 1. The van der Waals surface area contributed by atoms with Crippen LogP contribution >= 0.6 is 12.4 Å². The molecule has 0 saturated heterocycles. The summed E-state index contributed by atoms with van der Waals surface area (Å²) in [6, 6.07) is 14.4. The Bertz CT molecular complexity index is 733. The van der Waals surface area contributed by atoms with Gasteiger partial charge in [-0.1, -0.05) is 30.3 Å². The lowest BCUT2D eigenvalue weighted by atomic mass is 10.0. The van der Waals surface area contributed by atoms with E-state index in [9.17, 15) is 9.59 Å². The molecule has 3 N–H and O–H groups in total. The number of amides is 2. The second kappa shape index (κ2) is 9.20. The molecular formula is C19H24ClN3O2. The highest BCUT2D eigenvalue weighted by Crippen LogP contribution is 2.18. The van der Waals surface area contributed by atoms with Crippen molar-refractivity contribution in [2.45, 2.75) is 19.4 Å². The van der Waals surface area contributed by atoms with Crippen LogP contribution in [-0.2, 0) is 4.79 Å². The number of anilines is 1. The highest BCUT2D eigenvalue weighted by atomic mass is 35.5. The zero-order chi connectivity index (χ0) is 17.7. The van der Waals surface area contributed by atoms with Crippen LogP contribution in [0.5, 0.6) is 0 Å². The van der Waals surface area contributed by atoms with Gasteiger partial charge in [0.1, 0.15) is 0 Å². The average Bonchev–Trinajstić information content (AvgIpc) is 2.55. The maximum Gasteiger partial charge on any atom is 0.253 e. The van der Waals surface area contributed by atoms with E-state index in [1.54, 1.807) is 32.3 Å². The van der Waals surface area contributed by atoms with E-state index in [-0.39, 0.29) is 36.7 Å². The van der Waals surface area contributed by atoms with Crippen molar-refractivity contribution < 1.29 is 9.59 Å². The molecule has 1 atom stereocenters. The van der Waals surface area contributed by atoms with E-state index in [1.165, 1.54) is 4.90 Å². The van der Waals surface area contributed by atoms with Gasteiger partial charge in [-0.05, 0) is 36.2 Å². The van der Waals surface area contributed by atoms with Crippen molar-refractivity contribution >= 4 is 29.9 Å². The first kappa shape index (κ1) is 20.7. The Kier molecular flexibility index (Phi) is 7.61. The predicted molar refractivity (Wildman–Crippen MR) is 103 cm³/mol. The summed E-state index contributed by atoms with van der Waals surface area (Å²) < 4.78 is 0. The maximum atomic E-state index is 12.2. The lowest BCUT2D eigenvalue weighted by Crippen LogP contribution is -2.23. The van der Waals surface area contributed by atoms with Crippen molar-refractivity contribution in [2.24, 2.45) is 5.73 Å². The van der Waals surface area contributed by atoms with Gasteiger partial charge in [0.2, 0.25) is 5.91 Å². The molecule has 0 spiro atoms. The van der Waals surface area contributed by atoms with Crippen LogP contribution in [0.1, 0.15) is 33.9 Å². The molecule has 0 radical (unpaired) electrons. The molecule has 6 heteroatoms. The number of nitrogens with one attached hydrogen (secondary N) is 1. The Hall–Kier alpha value is -2.37. The van der Waals surface area contributed by atoms with E-state index in [1.807, 2.05) is 37.3 Å². The van der Waals surface area contributed by atoms with Gasteiger partial charge in [0.25, 0.3) is 5.91 Å². The summed E-state index contributed by atoms with van der Waals surface area (Å²) in [7, 11) is 3.42. The summed E-state index contributed by atoms with van der Waals surface area (Å²) in [4.78, 5) is 25.7. The molecule has 5 nitrogen and oxygen atoms in total. The third-order valence-electron chi connectivity index (χ3n) is 3.78.